The third-order valence-electron chi connectivity index (χ3n) is 5.59. The summed E-state index contributed by atoms with van der Waals surface area (Å²) in [7, 11) is 0. The highest BCUT2D eigenvalue weighted by atomic mass is 32.1. The molecule has 16 heteroatoms. The summed E-state index contributed by atoms with van der Waals surface area (Å²) in [5.74, 6) is -1.75. The number of nitrogen functional groups attached to an aromatic ring is 1. The number of aromatic nitrogens is 4. The summed E-state index contributed by atoms with van der Waals surface area (Å²) in [5, 5.41) is 29.7. The minimum absolute atomic E-state index is 0.179. The molecule has 2 fully saturated rings. The molecule has 2 aromatic heterocycles. The molecule has 2 atom stereocenters. The summed E-state index contributed by atoms with van der Waals surface area (Å²) in [4.78, 5) is 35.5. The molecule has 7 N–H and O–H groups in total. The van der Waals surface area contributed by atoms with Gasteiger partial charge in [0, 0.05) is 43.6 Å². The summed E-state index contributed by atoms with van der Waals surface area (Å²) in [5.41, 5.74) is 11.1. The van der Waals surface area contributed by atoms with Crippen LogP contribution >= 0.6 is 24.2 Å². The number of thiazole rings is 1. The Labute approximate surface area is 209 Å². The Kier molecular flexibility index (Phi) is 7.25. The first-order chi connectivity index (χ1) is 16.7. The average Bonchev–Trinajstić information content (AvgIpc) is 3.31. The minimum atomic E-state index is -1.42. The Hall–Kier alpha value is -3.21. The molecule has 1 aliphatic carbocycles. The van der Waals surface area contributed by atoms with Gasteiger partial charge < -0.3 is 36.4 Å². The molecule has 2 aromatic rings. The van der Waals surface area contributed by atoms with Crippen molar-refractivity contribution < 1.29 is 19.5 Å². The zero-order chi connectivity index (χ0) is 25.2. The van der Waals surface area contributed by atoms with Crippen molar-refractivity contribution >= 4 is 46.9 Å². The molecule has 0 aromatic carbocycles. The van der Waals surface area contributed by atoms with E-state index in [1.165, 1.54) is 4.80 Å². The molecule has 14 nitrogen and oxygen atoms in total. The van der Waals surface area contributed by atoms with Gasteiger partial charge in [-0.25, -0.2) is 9.78 Å². The van der Waals surface area contributed by atoms with Gasteiger partial charge >= 0.3 is 5.97 Å². The lowest BCUT2D eigenvalue weighted by atomic mass is 9.95. The molecule has 0 radical (unpaired) electrons. The van der Waals surface area contributed by atoms with Crippen LogP contribution in [0, 0.1) is 0 Å². The first-order valence-corrected chi connectivity index (χ1v) is 12.0. The van der Waals surface area contributed by atoms with Gasteiger partial charge in [-0.1, -0.05) is 24.5 Å². The Bertz CT molecular complexity index is 1140. The predicted molar refractivity (Wildman–Crippen MR) is 130 cm³/mol. The lowest BCUT2D eigenvalue weighted by Gasteiger charge is -2.47. The zero-order valence-corrected chi connectivity index (χ0v) is 20.3. The number of amides is 1. The SMILES string of the molecule is C=C1C(NC(=O)/C(=N\OC2(C(=O)O)CC2)c2csc(N)n2)C(Cn2ncc(CNCCN)n2)N1S. The zero-order valence-electron chi connectivity index (χ0n) is 18.6. The highest BCUT2D eigenvalue weighted by Crippen LogP contribution is 2.40. The van der Waals surface area contributed by atoms with Gasteiger partial charge in [-0.2, -0.15) is 15.0 Å². The number of carbonyl (C=O) groups is 2. The first-order valence-electron chi connectivity index (χ1n) is 10.7. The maximum absolute atomic E-state index is 13.2. The van der Waals surface area contributed by atoms with Gasteiger partial charge in [0.15, 0.2) is 10.8 Å². The van der Waals surface area contributed by atoms with Crippen molar-refractivity contribution in [3.8, 4) is 0 Å². The van der Waals surface area contributed by atoms with E-state index in [1.807, 2.05) is 0 Å². The fourth-order valence-electron chi connectivity index (χ4n) is 3.39. The van der Waals surface area contributed by atoms with Crippen LogP contribution in [0.5, 0.6) is 0 Å². The number of anilines is 1. The minimum Gasteiger partial charge on any atom is -0.478 e. The first kappa shape index (κ1) is 24.9. The number of nitrogens with zero attached hydrogens (tertiary/aromatic N) is 6. The molecule has 1 saturated carbocycles. The van der Waals surface area contributed by atoms with Gasteiger partial charge in [-0.15, -0.1) is 11.3 Å². The van der Waals surface area contributed by atoms with E-state index in [1.54, 1.807) is 15.9 Å². The van der Waals surface area contributed by atoms with Crippen LogP contribution in [0.25, 0.3) is 0 Å². The van der Waals surface area contributed by atoms with Crippen molar-refractivity contribution in [3.05, 3.63) is 35.2 Å². The fourth-order valence-corrected chi connectivity index (χ4v) is 4.27. The van der Waals surface area contributed by atoms with Crippen LogP contribution in [0.15, 0.2) is 29.0 Å². The van der Waals surface area contributed by atoms with E-state index < -0.39 is 23.5 Å². The summed E-state index contributed by atoms with van der Waals surface area (Å²) in [6, 6.07) is -0.802. The van der Waals surface area contributed by atoms with Gasteiger partial charge in [0.05, 0.1) is 30.5 Å². The van der Waals surface area contributed by atoms with E-state index in [4.69, 9.17) is 16.3 Å². The number of aliphatic carboxylic acids is 1. The highest BCUT2D eigenvalue weighted by Gasteiger charge is 2.54. The van der Waals surface area contributed by atoms with Crippen LogP contribution in [0.2, 0.25) is 0 Å². The van der Waals surface area contributed by atoms with Crippen LogP contribution in [0.4, 0.5) is 5.13 Å². The standard InChI is InChI=1S/C19H26N10O4S2/c1-10-14(13(29(10)34)8-28-23-7-11(26-28)6-22-5-4-20)25-16(30)15(12-9-35-18(21)24-12)27-33-19(2-3-19)17(31)32/h7,9,13-14,22,34H,1-6,8,20H2,(H2,21,24)(H,25,30)(H,31,32)/b27-15-. The van der Waals surface area contributed by atoms with Gasteiger partial charge in [-0.3, -0.25) is 4.79 Å². The Morgan fingerprint density at radius 3 is 2.86 bits per heavy atom. The van der Waals surface area contributed by atoms with Crippen molar-refractivity contribution in [1.82, 2.24) is 34.9 Å². The molecule has 1 aliphatic heterocycles. The maximum atomic E-state index is 13.2. The normalized spacial score (nSPS) is 20.9. The Morgan fingerprint density at radius 1 is 1.46 bits per heavy atom. The average molecular weight is 523 g/mol. The molecule has 2 aliphatic rings. The molecule has 1 amide bonds. The van der Waals surface area contributed by atoms with Gasteiger partial charge in [0.1, 0.15) is 5.69 Å². The smallest absolute Gasteiger partial charge is 0.350 e. The topological polar surface area (TPSA) is 199 Å². The number of nitrogens with two attached hydrogens (primary N) is 2. The number of oxime groups is 1. The van der Waals surface area contributed by atoms with Crippen LogP contribution in [-0.2, 0) is 27.5 Å². The quantitative estimate of drug-likeness (QED) is 0.0858. The maximum Gasteiger partial charge on any atom is 0.350 e. The van der Waals surface area contributed by atoms with Crippen LogP contribution in [0.1, 0.15) is 24.2 Å². The molecule has 0 bridgehead atoms. The summed E-state index contributed by atoms with van der Waals surface area (Å²) in [6.07, 6.45) is 2.26. The number of carbonyl (C=O) groups excluding carboxylic acids is 1. The number of hydrogen-bond acceptors (Lipinski definition) is 13. The molecule has 35 heavy (non-hydrogen) atoms. The number of carboxylic acid groups (broad SMARTS) is 1. The Balaban J connectivity index is 1.45. The van der Waals surface area contributed by atoms with Gasteiger partial charge in [-0.05, 0) is 0 Å². The summed E-state index contributed by atoms with van der Waals surface area (Å²) in [6.45, 7) is 6.02. The van der Waals surface area contributed by atoms with Gasteiger partial charge in [0.2, 0.25) is 5.60 Å². The predicted octanol–water partition coefficient (Wildman–Crippen LogP) is -1.07. The van der Waals surface area contributed by atoms with Crippen LogP contribution < -0.4 is 22.1 Å². The summed E-state index contributed by atoms with van der Waals surface area (Å²) < 4.78 is 1.62. The van der Waals surface area contributed by atoms with E-state index in [2.05, 4.69) is 50.4 Å². The second kappa shape index (κ2) is 10.2. The molecule has 1 saturated heterocycles. The van der Waals surface area contributed by atoms with Crippen molar-refractivity contribution in [2.45, 2.75) is 43.6 Å². The van der Waals surface area contributed by atoms with Crippen LogP contribution in [-0.4, -0.2) is 77.8 Å². The number of nitrogens with one attached hydrogen (secondary N) is 2. The monoisotopic (exact) mass is 522 g/mol. The van der Waals surface area contributed by atoms with E-state index in [9.17, 15) is 14.7 Å². The lowest BCUT2D eigenvalue weighted by Crippen LogP contribution is -2.63. The number of hydrogen-bond donors (Lipinski definition) is 6. The number of thiol groups is 1. The van der Waals surface area contributed by atoms with Gasteiger partial charge in [0.25, 0.3) is 5.91 Å². The second-order valence-corrected chi connectivity index (χ2v) is 9.43. The van der Waals surface area contributed by atoms with Crippen LogP contribution in [0.3, 0.4) is 0 Å². The molecule has 0 spiro atoms. The van der Waals surface area contributed by atoms with E-state index in [0.29, 0.717) is 44.7 Å². The molecule has 3 heterocycles. The fraction of sp³-hybridized carbons (Fsp3) is 0.474. The Morgan fingerprint density at radius 2 is 2.23 bits per heavy atom. The molecule has 188 valence electrons. The molecular weight excluding hydrogens is 496 g/mol. The van der Waals surface area contributed by atoms with E-state index in [0.717, 1.165) is 17.0 Å². The van der Waals surface area contributed by atoms with E-state index in [-0.39, 0.29) is 22.6 Å². The largest absolute Gasteiger partial charge is 0.478 e. The number of carboxylic acids is 1. The highest BCUT2D eigenvalue weighted by molar-refractivity contribution is 7.78. The molecule has 4 rings (SSSR count). The van der Waals surface area contributed by atoms with E-state index >= 15 is 0 Å². The van der Waals surface area contributed by atoms with Crippen molar-refractivity contribution in [2.75, 3.05) is 18.8 Å². The molecular formula is C19H26N10O4S2. The lowest BCUT2D eigenvalue weighted by molar-refractivity contribution is -0.153. The van der Waals surface area contributed by atoms with Crippen molar-refractivity contribution in [1.29, 1.82) is 0 Å². The third kappa shape index (κ3) is 5.39. The van der Waals surface area contributed by atoms with Crippen molar-refractivity contribution in [3.63, 3.8) is 0 Å². The molecule has 2 unspecified atom stereocenters. The number of rotatable bonds is 12. The third-order valence-corrected chi connectivity index (χ3v) is 6.81. The summed E-state index contributed by atoms with van der Waals surface area (Å²) >= 11 is 5.56. The second-order valence-electron chi connectivity index (χ2n) is 8.11. The van der Waals surface area contributed by atoms with Crippen molar-refractivity contribution in [2.24, 2.45) is 10.9 Å².